The van der Waals surface area contributed by atoms with Crippen molar-refractivity contribution in [2.45, 2.75) is 31.1 Å². The number of hydroxylamine groups is 1. The van der Waals surface area contributed by atoms with Gasteiger partial charge in [-0.15, -0.1) is 0 Å². The molecule has 0 radical (unpaired) electrons. The molecule has 1 aromatic carbocycles. The van der Waals surface area contributed by atoms with Crippen molar-refractivity contribution < 1.29 is 19.8 Å². The van der Waals surface area contributed by atoms with Crippen LogP contribution in [0.4, 0.5) is 0 Å². The van der Waals surface area contributed by atoms with Crippen LogP contribution in [0.1, 0.15) is 11.8 Å². The average Bonchev–Trinajstić information content (AvgIpc) is 3.22. The fraction of sp³-hybridized carbons (Fsp3) is 0.353. The highest BCUT2D eigenvalue weighted by molar-refractivity contribution is 5.68. The molecule has 9 heteroatoms. The summed E-state index contributed by atoms with van der Waals surface area (Å²) in [6, 6.07) is 9.78. The first-order valence-electron chi connectivity index (χ1n) is 8.27. The van der Waals surface area contributed by atoms with E-state index in [-0.39, 0.29) is 6.61 Å². The molecule has 0 unspecified atom stereocenters. The topological polar surface area (TPSA) is 115 Å². The number of hydrogen-bond acceptors (Lipinski definition) is 8. The van der Waals surface area contributed by atoms with E-state index in [1.807, 2.05) is 30.3 Å². The molecule has 0 saturated carbocycles. The van der Waals surface area contributed by atoms with Gasteiger partial charge in [0.05, 0.1) is 19.1 Å². The van der Waals surface area contributed by atoms with Gasteiger partial charge in [0.15, 0.2) is 11.9 Å². The van der Waals surface area contributed by atoms with Crippen molar-refractivity contribution >= 4 is 11.2 Å². The number of aliphatic hydroxyl groups excluding tert-OH is 2. The lowest BCUT2D eigenvalue weighted by molar-refractivity contribution is -0.0872. The lowest BCUT2D eigenvalue weighted by Gasteiger charge is -2.16. The van der Waals surface area contributed by atoms with Crippen LogP contribution in [0.5, 0.6) is 0 Å². The molecular formula is C17H19N5O4. The second-order valence-corrected chi connectivity index (χ2v) is 6.05. The molecule has 4 rings (SSSR count). The quantitative estimate of drug-likeness (QED) is 0.422. The highest BCUT2D eigenvalue weighted by Gasteiger charge is 2.44. The Morgan fingerprint density at radius 2 is 2.00 bits per heavy atom. The standard InChI is InChI=1S/C17H19N5O4/c23-14-13(8-25-21-6-11-4-2-1-3-5-11)26-17(15(14)24)22-10-20-12-7-18-9-19-16(12)22/h1-5,7,9-10,13-15,17,21,23-24H,6,8H2/t13-,14-,15-,17-/m1/s1. The predicted octanol–water partition coefficient (Wildman–Crippen LogP) is 0.167. The van der Waals surface area contributed by atoms with Crippen LogP contribution in [0.2, 0.25) is 0 Å². The van der Waals surface area contributed by atoms with Crippen molar-refractivity contribution in [1.29, 1.82) is 0 Å². The Morgan fingerprint density at radius 3 is 2.85 bits per heavy atom. The number of aromatic nitrogens is 4. The van der Waals surface area contributed by atoms with E-state index >= 15 is 0 Å². The third kappa shape index (κ3) is 3.30. The molecule has 2 aromatic heterocycles. The van der Waals surface area contributed by atoms with Gasteiger partial charge < -0.3 is 14.9 Å². The Morgan fingerprint density at radius 1 is 1.15 bits per heavy atom. The zero-order valence-electron chi connectivity index (χ0n) is 13.8. The molecule has 3 heterocycles. The molecule has 0 spiro atoms. The minimum absolute atomic E-state index is 0.0865. The van der Waals surface area contributed by atoms with Gasteiger partial charge in [0.25, 0.3) is 0 Å². The molecule has 1 fully saturated rings. The number of imidazole rings is 1. The highest BCUT2D eigenvalue weighted by atomic mass is 16.7. The second kappa shape index (κ2) is 7.44. The maximum atomic E-state index is 10.4. The zero-order chi connectivity index (χ0) is 17.9. The van der Waals surface area contributed by atoms with Crippen molar-refractivity contribution in [1.82, 2.24) is 25.0 Å². The van der Waals surface area contributed by atoms with Gasteiger partial charge >= 0.3 is 0 Å². The molecule has 0 bridgehead atoms. The van der Waals surface area contributed by atoms with E-state index in [9.17, 15) is 10.2 Å². The first-order valence-corrected chi connectivity index (χ1v) is 8.27. The fourth-order valence-electron chi connectivity index (χ4n) is 2.94. The molecule has 136 valence electrons. The summed E-state index contributed by atoms with van der Waals surface area (Å²) >= 11 is 0. The Labute approximate surface area is 149 Å². The monoisotopic (exact) mass is 357 g/mol. The van der Waals surface area contributed by atoms with E-state index in [1.165, 1.54) is 12.7 Å². The van der Waals surface area contributed by atoms with Crippen LogP contribution in [-0.2, 0) is 16.1 Å². The lowest BCUT2D eigenvalue weighted by Crippen LogP contribution is -2.35. The molecule has 1 aliphatic heterocycles. The van der Waals surface area contributed by atoms with Crippen molar-refractivity contribution in [2.75, 3.05) is 6.61 Å². The predicted molar refractivity (Wildman–Crippen MR) is 90.5 cm³/mol. The summed E-state index contributed by atoms with van der Waals surface area (Å²) in [5.41, 5.74) is 5.02. The molecule has 0 amide bonds. The van der Waals surface area contributed by atoms with Crippen LogP contribution in [-0.4, -0.2) is 54.7 Å². The largest absolute Gasteiger partial charge is 0.387 e. The molecule has 26 heavy (non-hydrogen) atoms. The molecule has 4 atom stereocenters. The van der Waals surface area contributed by atoms with Gasteiger partial charge in [-0.3, -0.25) is 9.40 Å². The van der Waals surface area contributed by atoms with Crippen molar-refractivity contribution in [3.8, 4) is 0 Å². The molecule has 3 N–H and O–H groups in total. The van der Waals surface area contributed by atoms with E-state index in [0.717, 1.165) is 5.56 Å². The smallest absolute Gasteiger partial charge is 0.165 e. The van der Waals surface area contributed by atoms with Crippen LogP contribution >= 0.6 is 0 Å². The van der Waals surface area contributed by atoms with Crippen LogP contribution in [0.3, 0.4) is 0 Å². The van der Waals surface area contributed by atoms with Gasteiger partial charge in [-0.05, 0) is 5.56 Å². The van der Waals surface area contributed by atoms with Gasteiger partial charge in [-0.2, -0.15) is 5.48 Å². The average molecular weight is 357 g/mol. The van der Waals surface area contributed by atoms with Crippen molar-refractivity contribution in [2.24, 2.45) is 0 Å². The molecule has 1 saturated heterocycles. The van der Waals surface area contributed by atoms with Crippen molar-refractivity contribution in [3.63, 3.8) is 0 Å². The van der Waals surface area contributed by atoms with Gasteiger partial charge in [-0.25, -0.2) is 15.0 Å². The summed E-state index contributed by atoms with van der Waals surface area (Å²) in [6.07, 6.45) is 0.793. The van der Waals surface area contributed by atoms with E-state index in [1.54, 1.807) is 10.8 Å². The summed E-state index contributed by atoms with van der Waals surface area (Å²) < 4.78 is 7.37. The van der Waals surface area contributed by atoms with Gasteiger partial charge in [0, 0.05) is 6.54 Å². The molecule has 9 nitrogen and oxygen atoms in total. The highest BCUT2D eigenvalue weighted by Crippen LogP contribution is 2.31. The first kappa shape index (κ1) is 17.0. The molecule has 0 aliphatic carbocycles. The van der Waals surface area contributed by atoms with Crippen LogP contribution < -0.4 is 5.48 Å². The molecule has 3 aromatic rings. The number of nitrogens with zero attached hydrogens (tertiary/aromatic N) is 4. The zero-order valence-corrected chi connectivity index (χ0v) is 13.8. The van der Waals surface area contributed by atoms with Gasteiger partial charge in [0.1, 0.15) is 30.2 Å². The maximum absolute atomic E-state index is 10.4. The molecular weight excluding hydrogens is 338 g/mol. The Bertz CT molecular complexity index is 858. The third-order valence-corrected chi connectivity index (χ3v) is 4.32. The fourth-order valence-corrected chi connectivity index (χ4v) is 2.94. The van der Waals surface area contributed by atoms with E-state index in [2.05, 4.69) is 20.4 Å². The van der Waals surface area contributed by atoms with E-state index in [0.29, 0.717) is 17.7 Å². The normalized spacial score (nSPS) is 25.8. The van der Waals surface area contributed by atoms with Crippen LogP contribution in [0, 0.1) is 0 Å². The maximum Gasteiger partial charge on any atom is 0.165 e. The number of benzene rings is 1. The number of nitrogens with one attached hydrogen (secondary N) is 1. The summed E-state index contributed by atoms with van der Waals surface area (Å²) in [6.45, 7) is 0.613. The molecule has 1 aliphatic rings. The third-order valence-electron chi connectivity index (χ3n) is 4.32. The Kier molecular flexibility index (Phi) is 4.87. The second-order valence-electron chi connectivity index (χ2n) is 6.05. The summed E-state index contributed by atoms with van der Waals surface area (Å²) in [4.78, 5) is 17.6. The number of hydrogen-bond donors (Lipinski definition) is 3. The minimum Gasteiger partial charge on any atom is -0.387 e. The summed E-state index contributed by atoms with van der Waals surface area (Å²) in [5.74, 6) is 0. The summed E-state index contributed by atoms with van der Waals surface area (Å²) in [5, 5.41) is 20.6. The SMILES string of the molecule is O[C@@H]1[C@H](O)[C@@H](CONCc2ccccc2)O[C@H]1n1cnc2cncnc21. The van der Waals surface area contributed by atoms with Gasteiger partial charge in [0.2, 0.25) is 0 Å². The number of ether oxygens (including phenoxy) is 1. The first-order chi connectivity index (χ1) is 12.7. The van der Waals surface area contributed by atoms with Gasteiger partial charge in [-0.1, -0.05) is 30.3 Å². The van der Waals surface area contributed by atoms with Crippen LogP contribution in [0.15, 0.2) is 49.2 Å². The number of fused-ring (bicyclic) bond motifs is 1. The van der Waals surface area contributed by atoms with E-state index in [4.69, 9.17) is 9.57 Å². The number of rotatable bonds is 6. The lowest BCUT2D eigenvalue weighted by atomic mass is 10.1. The number of aliphatic hydroxyl groups is 2. The Hall–Kier alpha value is -2.43. The van der Waals surface area contributed by atoms with Crippen LogP contribution in [0.25, 0.3) is 11.2 Å². The van der Waals surface area contributed by atoms with Crippen molar-refractivity contribution in [3.05, 3.63) is 54.7 Å². The van der Waals surface area contributed by atoms with E-state index < -0.39 is 24.5 Å². The summed E-state index contributed by atoms with van der Waals surface area (Å²) in [7, 11) is 0. The minimum atomic E-state index is -1.12. The Balaban J connectivity index is 1.37.